The molecule has 0 radical (unpaired) electrons. The number of hydrogen-bond donors (Lipinski definition) is 1. The Morgan fingerprint density at radius 1 is 1.05 bits per heavy atom. The normalized spacial score (nSPS) is 15.0. The fraction of sp³-hybridized carbons (Fsp3) is 0.143. The van der Waals surface area contributed by atoms with Crippen LogP contribution in [0.25, 0.3) is 5.69 Å². The van der Waals surface area contributed by atoms with Crippen molar-refractivity contribution in [1.82, 2.24) is 20.0 Å². The Morgan fingerprint density at radius 2 is 1.71 bits per heavy atom. The zero-order chi connectivity index (χ0) is 14.8. The van der Waals surface area contributed by atoms with Crippen LogP contribution in [-0.2, 0) is 9.59 Å². The van der Waals surface area contributed by atoms with Gasteiger partial charge in [0.25, 0.3) is 5.91 Å². The first kappa shape index (κ1) is 13.0. The van der Waals surface area contributed by atoms with E-state index in [-0.39, 0.29) is 18.8 Å². The van der Waals surface area contributed by atoms with Gasteiger partial charge in [-0.15, -0.1) is 0 Å². The number of nitrogens with zero attached hydrogens (tertiary/aromatic N) is 3. The van der Waals surface area contributed by atoms with Crippen molar-refractivity contribution < 1.29 is 14.4 Å². The lowest BCUT2D eigenvalue weighted by molar-refractivity contribution is -0.135. The van der Waals surface area contributed by atoms with Crippen LogP contribution in [0, 0.1) is 0 Å². The summed E-state index contributed by atoms with van der Waals surface area (Å²) in [6, 6.07) is 10.9. The van der Waals surface area contributed by atoms with Gasteiger partial charge in [-0.1, -0.05) is 18.2 Å². The molecule has 106 valence electrons. The van der Waals surface area contributed by atoms with E-state index in [1.54, 1.807) is 16.9 Å². The summed E-state index contributed by atoms with van der Waals surface area (Å²) < 4.78 is 1.57. The molecule has 2 aromatic rings. The number of aromatic nitrogens is 2. The van der Waals surface area contributed by atoms with Crippen LogP contribution in [-0.4, -0.2) is 45.5 Å². The summed E-state index contributed by atoms with van der Waals surface area (Å²) in [5.74, 6) is -1.41. The van der Waals surface area contributed by atoms with Crippen LogP contribution in [0.2, 0.25) is 0 Å². The van der Waals surface area contributed by atoms with E-state index in [2.05, 4.69) is 10.4 Å². The highest BCUT2D eigenvalue weighted by Gasteiger charge is 2.28. The van der Waals surface area contributed by atoms with Crippen LogP contribution in [0.15, 0.2) is 42.6 Å². The molecule has 3 rings (SSSR count). The second-order valence-electron chi connectivity index (χ2n) is 4.61. The first-order chi connectivity index (χ1) is 10.1. The minimum absolute atomic E-state index is 0.136. The van der Waals surface area contributed by atoms with Gasteiger partial charge in [-0.25, -0.2) is 4.68 Å². The lowest BCUT2D eigenvalue weighted by Crippen LogP contribution is -2.53. The van der Waals surface area contributed by atoms with Gasteiger partial charge < -0.3 is 4.90 Å². The summed E-state index contributed by atoms with van der Waals surface area (Å²) in [7, 11) is 0. The quantitative estimate of drug-likeness (QED) is 0.785. The molecule has 3 amide bonds. The molecule has 1 fully saturated rings. The van der Waals surface area contributed by atoms with Gasteiger partial charge in [0.1, 0.15) is 13.1 Å². The summed E-state index contributed by atoms with van der Waals surface area (Å²) in [5, 5.41) is 6.34. The fourth-order valence-electron chi connectivity index (χ4n) is 2.11. The Hall–Kier alpha value is -2.96. The Bertz CT molecular complexity index is 692. The third-order valence-electron chi connectivity index (χ3n) is 3.06. The van der Waals surface area contributed by atoms with Gasteiger partial charge in [-0.05, 0) is 18.2 Å². The van der Waals surface area contributed by atoms with E-state index in [0.29, 0.717) is 0 Å². The molecule has 0 unspecified atom stereocenters. The smallest absolute Gasteiger partial charge is 0.275 e. The lowest BCUT2D eigenvalue weighted by Gasteiger charge is -2.24. The zero-order valence-corrected chi connectivity index (χ0v) is 11.0. The average molecular weight is 284 g/mol. The van der Waals surface area contributed by atoms with Crippen LogP contribution >= 0.6 is 0 Å². The van der Waals surface area contributed by atoms with Gasteiger partial charge >= 0.3 is 0 Å². The highest BCUT2D eigenvalue weighted by Crippen LogP contribution is 2.09. The maximum Gasteiger partial charge on any atom is 0.275 e. The van der Waals surface area contributed by atoms with Crippen LogP contribution in [0.3, 0.4) is 0 Å². The third kappa shape index (κ3) is 2.66. The largest absolute Gasteiger partial charge is 0.319 e. The number of piperazine rings is 1. The van der Waals surface area contributed by atoms with Gasteiger partial charge in [0.15, 0.2) is 5.69 Å². The van der Waals surface area contributed by atoms with E-state index >= 15 is 0 Å². The van der Waals surface area contributed by atoms with E-state index in [0.717, 1.165) is 5.69 Å². The average Bonchev–Trinajstić information content (AvgIpc) is 2.96. The molecule has 1 aliphatic heterocycles. The van der Waals surface area contributed by atoms with Crippen molar-refractivity contribution >= 4 is 17.7 Å². The van der Waals surface area contributed by atoms with Crippen LogP contribution < -0.4 is 5.32 Å². The van der Waals surface area contributed by atoms with Crippen molar-refractivity contribution in [2.24, 2.45) is 0 Å². The monoisotopic (exact) mass is 284 g/mol. The highest BCUT2D eigenvalue weighted by atomic mass is 16.2. The molecule has 0 bridgehead atoms. The van der Waals surface area contributed by atoms with E-state index in [9.17, 15) is 14.4 Å². The van der Waals surface area contributed by atoms with E-state index in [1.165, 1.54) is 4.90 Å². The van der Waals surface area contributed by atoms with Gasteiger partial charge in [0, 0.05) is 6.20 Å². The molecule has 1 N–H and O–H groups in total. The zero-order valence-electron chi connectivity index (χ0n) is 11.0. The molecule has 1 aromatic heterocycles. The third-order valence-corrected chi connectivity index (χ3v) is 3.06. The topological polar surface area (TPSA) is 84.3 Å². The van der Waals surface area contributed by atoms with Crippen molar-refractivity contribution in [2.75, 3.05) is 13.1 Å². The molecule has 1 aliphatic rings. The van der Waals surface area contributed by atoms with E-state index < -0.39 is 17.7 Å². The number of para-hydroxylation sites is 1. The summed E-state index contributed by atoms with van der Waals surface area (Å²) in [6.45, 7) is -0.272. The number of imide groups is 1. The van der Waals surface area contributed by atoms with Crippen molar-refractivity contribution in [3.63, 3.8) is 0 Å². The molecular weight excluding hydrogens is 272 g/mol. The molecule has 0 atom stereocenters. The molecule has 7 nitrogen and oxygen atoms in total. The Balaban J connectivity index is 1.81. The molecule has 0 aliphatic carbocycles. The first-order valence-electron chi connectivity index (χ1n) is 6.36. The molecule has 1 saturated heterocycles. The summed E-state index contributed by atoms with van der Waals surface area (Å²) in [6.07, 6.45) is 1.66. The number of amides is 3. The number of nitrogens with one attached hydrogen (secondary N) is 1. The van der Waals surface area contributed by atoms with Crippen molar-refractivity contribution in [1.29, 1.82) is 0 Å². The van der Waals surface area contributed by atoms with Gasteiger partial charge in [-0.3, -0.25) is 19.7 Å². The Labute approximate surface area is 120 Å². The van der Waals surface area contributed by atoms with Crippen molar-refractivity contribution in [3.05, 3.63) is 48.3 Å². The summed E-state index contributed by atoms with van der Waals surface area (Å²) >= 11 is 0. The Kier molecular flexibility index (Phi) is 3.23. The molecule has 0 spiro atoms. The van der Waals surface area contributed by atoms with E-state index in [4.69, 9.17) is 0 Å². The Morgan fingerprint density at radius 3 is 2.38 bits per heavy atom. The predicted molar refractivity (Wildman–Crippen MR) is 72.6 cm³/mol. The van der Waals surface area contributed by atoms with Gasteiger partial charge in [0.05, 0.1) is 5.69 Å². The summed E-state index contributed by atoms with van der Waals surface area (Å²) in [5.41, 5.74) is 1.02. The number of carbonyl (C=O) groups excluding carboxylic acids is 3. The van der Waals surface area contributed by atoms with Crippen LogP contribution in [0.4, 0.5) is 0 Å². The van der Waals surface area contributed by atoms with E-state index in [1.807, 2.05) is 30.3 Å². The minimum atomic E-state index is -0.484. The number of benzene rings is 1. The maximum atomic E-state index is 12.3. The number of hydrogen-bond acceptors (Lipinski definition) is 4. The maximum absolute atomic E-state index is 12.3. The second kappa shape index (κ2) is 5.20. The first-order valence-corrected chi connectivity index (χ1v) is 6.36. The van der Waals surface area contributed by atoms with Crippen molar-refractivity contribution in [3.8, 4) is 5.69 Å². The standard InChI is InChI=1S/C14H12N4O3/c19-12-8-17(9-13(20)15-12)14(21)11-6-7-18(16-11)10-4-2-1-3-5-10/h1-7H,8-9H2,(H,15,19,20). The molecule has 21 heavy (non-hydrogen) atoms. The molecular formula is C14H12N4O3. The summed E-state index contributed by atoms with van der Waals surface area (Å²) in [4.78, 5) is 36.0. The lowest BCUT2D eigenvalue weighted by atomic mass is 10.3. The molecule has 2 heterocycles. The fourth-order valence-corrected chi connectivity index (χ4v) is 2.11. The number of carbonyl (C=O) groups is 3. The van der Waals surface area contributed by atoms with Gasteiger partial charge in [0.2, 0.25) is 11.8 Å². The number of rotatable bonds is 2. The van der Waals surface area contributed by atoms with Crippen LogP contribution in [0.5, 0.6) is 0 Å². The minimum Gasteiger partial charge on any atom is -0.319 e. The van der Waals surface area contributed by atoms with Gasteiger partial charge in [-0.2, -0.15) is 5.10 Å². The van der Waals surface area contributed by atoms with Crippen LogP contribution in [0.1, 0.15) is 10.5 Å². The predicted octanol–water partition coefficient (Wildman–Crippen LogP) is -0.0291. The SMILES string of the molecule is O=C1CN(C(=O)c2ccn(-c3ccccc3)n2)CC(=O)N1. The molecule has 7 heteroatoms. The molecule has 1 aromatic carbocycles. The van der Waals surface area contributed by atoms with Crippen molar-refractivity contribution in [2.45, 2.75) is 0 Å². The molecule has 0 saturated carbocycles. The second-order valence-corrected chi connectivity index (χ2v) is 4.61. The highest BCUT2D eigenvalue weighted by molar-refractivity contribution is 6.05.